The molecule has 0 aliphatic rings. The predicted octanol–water partition coefficient (Wildman–Crippen LogP) is 4.74. The Bertz CT molecular complexity index is 693. The van der Waals surface area contributed by atoms with Crippen molar-refractivity contribution in [2.24, 2.45) is 5.92 Å². The number of nitrogens with one attached hydrogen (secondary N) is 2. The summed E-state index contributed by atoms with van der Waals surface area (Å²) >= 11 is 0. The molecule has 3 nitrogen and oxygen atoms in total. The van der Waals surface area contributed by atoms with Gasteiger partial charge in [0.2, 0.25) is 0 Å². The summed E-state index contributed by atoms with van der Waals surface area (Å²) in [6, 6.07) is 10.4. The Kier molecular flexibility index (Phi) is 4.81. The van der Waals surface area contributed by atoms with Crippen LogP contribution in [-0.4, -0.2) is 5.71 Å². The van der Waals surface area contributed by atoms with Crippen LogP contribution in [0.25, 0.3) is 0 Å². The highest BCUT2D eigenvalue weighted by atomic mass is 19.1. The lowest BCUT2D eigenvalue weighted by Crippen LogP contribution is -2.10. The Balaban J connectivity index is 2.33. The lowest BCUT2D eigenvalue weighted by atomic mass is 9.98. The molecule has 4 N–H and O–H groups in total. The molecule has 0 spiro atoms. The minimum atomic E-state index is -0.281. The molecule has 0 bridgehead atoms. The van der Waals surface area contributed by atoms with Gasteiger partial charge in [0.25, 0.3) is 0 Å². The van der Waals surface area contributed by atoms with Gasteiger partial charge < -0.3 is 16.5 Å². The first-order valence-electron chi connectivity index (χ1n) is 7.46. The molecular weight excluding hydrogens is 277 g/mol. The lowest BCUT2D eigenvalue weighted by molar-refractivity contribution is 0.630. The van der Waals surface area contributed by atoms with Gasteiger partial charge in [-0.2, -0.15) is 0 Å². The number of hydrogen-bond donors (Lipinski definition) is 3. The lowest BCUT2D eigenvalue weighted by Gasteiger charge is -2.15. The van der Waals surface area contributed by atoms with Gasteiger partial charge in [-0.25, -0.2) is 4.39 Å². The van der Waals surface area contributed by atoms with Crippen LogP contribution in [0, 0.1) is 17.1 Å². The van der Waals surface area contributed by atoms with E-state index in [1.54, 1.807) is 12.1 Å². The van der Waals surface area contributed by atoms with E-state index < -0.39 is 0 Å². The third-order valence-corrected chi connectivity index (χ3v) is 3.67. The largest absolute Gasteiger partial charge is 0.398 e. The van der Waals surface area contributed by atoms with Crippen molar-refractivity contribution in [3.63, 3.8) is 0 Å². The van der Waals surface area contributed by atoms with Gasteiger partial charge in [-0.15, -0.1) is 0 Å². The maximum atomic E-state index is 14.0. The van der Waals surface area contributed by atoms with E-state index in [0.29, 0.717) is 17.1 Å². The summed E-state index contributed by atoms with van der Waals surface area (Å²) in [7, 11) is 0. The normalized spacial score (nSPS) is 10.8. The third-order valence-electron chi connectivity index (χ3n) is 3.67. The molecule has 2 aromatic rings. The Hall–Kier alpha value is -2.36. The fourth-order valence-electron chi connectivity index (χ4n) is 2.34. The van der Waals surface area contributed by atoms with E-state index in [1.165, 1.54) is 6.07 Å². The molecule has 0 heterocycles. The first kappa shape index (κ1) is 16.0. The van der Waals surface area contributed by atoms with E-state index >= 15 is 0 Å². The molecule has 0 saturated carbocycles. The van der Waals surface area contributed by atoms with E-state index in [9.17, 15) is 4.39 Å². The Morgan fingerprint density at radius 1 is 1.27 bits per heavy atom. The zero-order chi connectivity index (χ0) is 16.3. The number of rotatable bonds is 5. The van der Waals surface area contributed by atoms with E-state index in [4.69, 9.17) is 11.1 Å². The number of anilines is 3. The highest BCUT2D eigenvalue weighted by molar-refractivity contribution is 6.04. The molecule has 2 aromatic carbocycles. The minimum absolute atomic E-state index is 0.111. The Labute approximate surface area is 130 Å². The highest BCUT2D eigenvalue weighted by Crippen LogP contribution is 2.27. The Morgan fingerprint density at radius 2 is 2.00 bits per heavy atom. The van der Waals surface area contributed by atoms with Crippen LogP contribution in [0.2, 0.25) is 0 Å². The maximum absolute atomic E-state index is 14.0. The van der Waals surface area contributed by atoms with E-state index in [2.05, 4.69) is 5.32 Å². The molecule has 0 aromatic heterocycles. The SMILES string of the molecule is CCc1cccc(F)c1Nc1ccc(C(=N)C(C)C)c(N)c1. The molecule has 0 unspecified atom stereocenters. The van der Waals surface area contributed by atoms with Crippen LogP contribution in [0.15, 0.2) is 36.4 Å². The third kappa shape index (κ3) is 3.27. The van der Waals surface area contributed by atoms with Gasteiger partial charge in [0.1, 0.15) is 5.82 Å². The van der Waals surface area contributed by atoms with Crippen LogP contribution in [0.5, 0.6) is 0 Å². The second-order valence-corrected chi connectivity index (χ2v) is 5.62. The van der Waals surface area contributed by atoms with Crippen LogP contribution < -0.4 is 11.1 Å². The van der Waals surface area contributed by atoms with Crippen molar-refractivity contribution in [1.82, 2.24) is 0 Å². The van der Waals surface area contributed by atoms with Gasteiger partial charge in [0, 0.05) is 22.6 Å². The molecule has 0 saturated heterocycles. The molecule has 0 aliphatic carbocycles. The second-order valence-electron chi connectivity index (χ2n) is 5.62. The van der Waals surface area contributed by atoms with Crippen molar-refractivity contribution in [2.45, 2.75) is 27.2 Å². The Morgan fingerprint density at radius 3 is 2.59 bits per heavy atom. The molecule has 116 valence electrons. The van der Waals surface area contributed by atoms with E-state index in [-0.39, 0.29) is 11.7 Å². The number of nitrogens with two attached hydrogens (primary N) is 1. The number of benzene rings is 2. The minimum Gasteiger partial charge on any atom is -0.398 e. The summed E-state index contributed by atoms with van der Waals surface area (Å²) in [5, 5.41) is 11.2. The first-order valence-corrected chi connectivity index (χ1v) is 7.46. The molecule has 4 heteroatoms. The van der Waals surface area contributed by atoms with Crippen molar-refractivity contribution in [3.05, 3.63) is 53.3 Å². The van der Waals surface area contributed by atoms with Crippen LogP contribution in [0.1, 0.15) is 31.9 Å². The first-order chi connectivity index (χ1) is 10.4. The van der Waals surface area contributed by atoms with Gasteiger partial charge in [-0.1, -0.05) is 32.9 Å². The predicted molar refractivity (Wildman–Crippen MR) is 91.6 cm³/mol. The molecule has 22 heavy (non-hydrogen) atoms. The number of para-hydroxylation sites is 1. The summed E-state index contributed by atoms with van der Waals surface area (Å²) < 4.78 is 14.0. The maximum Gasteiger partial charge on any atom is 0.146 e. The quantitative estimate of drug-likeness (QED) is 0.551. The highest BCUT2D eigenvalue weighted by Gasteiger charge is 2.12. The van der Waals surface area contributed by atoms with Crippen molar-refractivity contribution < 1.29 is 4.39 Å². The summed E-state index contributed by atoms with van der Waals surface area (Å²) in [6.07, 6.45) is 0.742. The summed E-state index contributed by atoms with van der Waals surface area (Å²) in [5.41, 5.74) is 9.92. The summed E-state index contributed by atoms with van der Waals surface area (Å²) in [6.45, 7) is 5.91. The van der Waals surface area contributed by atoms with Gasteiger partial charge >= 0.3 is 0 Å². The zero-order valence-electron chi connectivity index (χ0n) is 13.2. The fraction of sp³-hybridized carbons (Fsp3) is 0.278. The van der Waals surface area contributed by atoms with Gasteiger partial charge in [0.05, 0.1) is 5.69 Å². The molecule has 0 aliphatic heterocycles. The number of aryl methyl sites for hydroxylation is 1. The topological polar surface area (TPSA) is 61.9 Å². The standard InChI is InChI=1S/C18H22FN3/c1-4-12-6-5-7-15(19)18(12)22-13-8-9-14(16(20)10-13)17(21)11(2)3/h5-11,21-22H,4,20H2,1-3H3. The van der Waals surface area contributed by atoms with Gasteiger partial charge in [-0.3, -0.25) is 0 Å². The average Bonchev–Trinajstić information content (AvgIpc) is 2.48. The van der Waals surface area contributed by atoms with Crippen molar-refractivity contribution in [2.75, 3.05) is 11.1 Å². The molecule has 2 rings (SSSR count). The molecular formula is C18H22FN3. The van der Waals surface area contributed by atoms with Gasteiger partial charge in [-0.05, 0) is 42.2 Å². The number of halogens is 1. The van der Waals surface area contributed by atoms with Crippen molar-refractivity contribution in [1.29, 1.82) is 5.41 Å². The number of hydrogen-bond acceptors (Lipinski definition) is 3. The smallest absolute Gasteiger partial charge is 0.146 e. The van der Waals surface area contributed by atoms with Crippen molar-refractivity contribution >= 4 is 22.8 Å². The average molecular weight is 299 g/mol. The monoisotopic (exact) mass is 299 g/mol. The summed E-state index contributed by atoms with van der Waals surface area (Å²) in [4.78, 5) is 0. The van der Waals surface area contributed by atoms with Crippen LogP contribution in [0.4, 0.5) is 21.5 Å². The molecule has 0 radical (unpaired) electrons. The second kappa shape index (κ2) is 6.60. The molecule has 0 atom stereocenters. The van der Waals surface area contributed by atoms with Crippen molar-refractivity contribution in [3.8, 4) is 0 Å². The summed E-state index contributed by atoms with van der Waals surface area (Å²) in [5.74, 6) is -0.170. The molecule has 0 fully saturated rings. The zero-order valence-corrected chi connectivity index (χ0v) is 13.2. The fourth-order valence-corrected chi connectivity index (χ4v) is 2.34. The van der Waals surface area contributed by atoms with E-state index in [1.807, 2.05) is 39.0 Å². The van der Waals surface area contributed by atoms with E-state index in [0.717, 1.165) is 23.2 Å². The van der Waals surface area contributed by atoms with Crippen LogP contribution in [-0.2, 0) is 6.42 Å². The van der Waals surface area contributed by atoms with Crippen LogP contribution in [0.3, 0.4) is 0 Å². The van der Waals surface area contributed by atoms with Gasteiger partial charge in [0.15, 0.2) is 0 Å². The molecule has 0 amide bonds. The van der Waals surface area contributed by atoms with Crippen LogP contribution >= 0.6 is 0 Å². The number of nitrogen functional groups attached to an aromatic ring is 1.